The monoisotopic (exact) mass is 248 g/mol. The van der Waals surface area contributed by atoms with Crippen molar-refractivity contribution >= 4 is 0 Å². The minimum absolute atomic E-state index is 0.0829. The third-order valence-corrected chi connectivity index (χ3v) is 2.58. The van der Waals surface area contributed by atoms with Gasteiger partial charge in [0, 0.05) is 24.0 Å². The second-order valence-corrected chi connectivity index (χ2v) is 5.51. The van der Waals surface area contributed by atoms with Crippen LogP contribution in [0.4, 0.5) is 0 Å². The molecule has 5 heteroatoms. The van der Waals surface area contributed by atoms with Crippen LogP contribution in [0.2, 0.25) is 0 Å². The molecule has 0 spiro atoms. The summed E-state index contributed by atoms with van der Waals surface area (Å²) < 4.78 is 7.29. The summed E-state index contributed by atoms with van der Waals surface area (Å²) in [5.41, 5.74) is 0.985. The van der Waals surface area contributed by atoms with Crippen LogP contribution in [-0.4, -0.2) is 20.2 Å². The average Bonchev–Trinajstić information content (AvgIpc) is 2.85. The smallest absolute Gasteiger partial charge is 0.156 e. The van der Waals surface area contributed by atoms with Crippen LogP contribution in [0.3, 0.4) is 0 Å². The van der Waals surface area contributed by atoms with E-state index in [-0.39, 0.29) is 5.54 Å². The van der Waals surface area contributed by atoms with Crippen LogP contribution in [0.15, 0.2) is 23.0 Å². The molecule has 0 amide bonds. The molecule has 0 aliphatic heterocycles. The first kappa shape index (κ1) is 12.8. The van der Waals surface area contributed by atoms with Crippen LogP contribution in [-0.2, 0) is 13.1 Å². The lowest BCUT2D eigenvalue weighted by molar-refractivity contribution is 0.368. The topological polar surface area (TPSA) is 55.9 Å². The zero-order valence-electron chi connectivity index (χ0n) is 11.4. The summed E-state index contributed by atoms with van der Waals surface area (Å²) in [7, 11) is 0. The van der Waals surface area contributed by atoms with Crippen LogP contribution in [0.25, 0.3) is 0 Å². The lowest BCUT2D eigenvalue weighted by Crippen LogP contribution is -2.35. The average molecular weight is 248 g/mol. The Morgan fingerprint density at radius 1 is 1.39 bits per heavy atom. The van der Waals surface area contributed by atoms with Gasteiger partial charge in [-0.25, -0.2) is 4.98 Å². The summed E-state index contributed by atoms with van der Waals surface area (Å²) >= 11 is 0. The highest BCUT2D eigenvalue weighted by Crippen LogP contribution is 2.08. The number of nitrogens with zero attached hydrogens (tertiary/aromatic N) is 3. The van der Waals surface area contributed by atoms with E-state index < -0.39 is 0 Å². The summed E-state index contributed by atoms with van der Waals surface area (Å²) in [6.45, 7) is 9.74. The molecule has 0 unspecified atom stereocenters. The number of hydrogen-bond donors (Lipinski definition) is 1. The van der Waals surface area contributed by atoms with E-state index in [2.05, 4.69) is 40.8 Å². The van der Waals surface area contributed by atoms with Crippen molar-refractivity contribution in [1.82, 2.24) is 20.0 Å². The van der Waals surface area contributed by atoms with Gasteiger partial charge in [0.05, 0.1) is 18.8 Å². The minimum atomic E-state index is 0.0829. The first-order valence-corrected chi connectivity index (χ1v) is 6.11. The van der Waals surface area contributed by atoms with Gasteiger partial charge in [0.2, 0.25) is 0 Å². The Balaban J connectivity index is 2.03. The molecule has 2 aromatic rings. The molecule has 0 aliphatic rings. The third kappa shape index (κ3) is 3.43. The molecule has 18 heavy (non-hydrogen) atoms. The van der Waals surface area contributed by atoms with E-state index in [1.165, 1.54) is 0 Å². The van der Waals surface area contributed by atoms with Crippen LogP contribution in [0.5, 0.6) is 0 Å². The molecule has 2 rings (SSSR count). The van der Waals surface area contributed by atoms with Crippen molar-refractivity contribution in [3.05, 3.63) is 35.7 Å². The van der Waals surface area contributed by atoms with Gasteiger partial charge in [0.15, 0.2) is 5.76 Å². The first-order chi connectivity index (χ1) is 8.44. The summed E-state index contributed by atoms with van der Waals surface area (Å²) in [5.74, 6) is 1.85. The Kier molecular flexibility index (Phi) is 3.52. The maximum absolute atomic E-state index is 5.22. The molecule has 1 N–H and O–H groups in total. The second-order valence-electron chi connectivity index (χ2n) is 5.51. The normalized spacial score (nSPS) is 12.0. The van der Waals surface area contributed by atoms with Gasteiger partial charge in [-0.2, -0.15) is 0 Å². The summed E-state index contributed by atoms with van der Waals surface area (Å²) in [4.78, 5) is 4.36. The van der Waals surface area contributed by atoms with Crippen molar-refractivity contribution in [3.8, 4) is 0 Å². The quantitative estimate of drug-likeness (QED) is 0.900. The fraction of sp³-hybridized carbons (Fsp3) is 0.538. The van der Waals surface area contributed by atoms with Crippen molar-refractivity contribution in [3.63, 3.8) is 0 Å². The summed E-state index contributed by atoms with van der Waals surface area (Å²) in [6.07, 6.45) is 3.76. The highest BCUT2D eigenvalue weighted by Gasteiger charge is 2.12. The van der Waals surface area contributed by atoms with E-state index >= 15 is 0 Å². The Morgan fingerprint density at radius 3 is 2.78 bits per heavy atom. The van der Waals surface area contributed by atoms with Crippen LogP contribution >= 0.6 is 0 Å². The molecule has 98 valence electrons. The maximum atomic E-state index is 5.22. The number of aromatic nitrogens is 3. The number of hydrogen-bond acceptors (Lipinski definition) is 4. The molecule has 2 aromatic heterocycles. The highest BCUT2D eigenvalue weighted by atomic mass is 16.5. The Hall–Kier alpha value is -1.62. The fourth-order valence-electron chi connectivity index (χ4n) is 1.65. The summed E-state index contributed by atoms with van der Waals surface area (Å²) in [5, 5.41) is 7.31. The largest absolute Gasteiger partial charge is 0.359 e. The highest BCUT2D eigenvalue weighted by molar-refractivity contribution is 5.05. The van der Waals surface area contributed by atoms with Crippen LogP contribution in [0.1, 0.15) is 38.0 Å². The van der Waals surface area contributed by atoms with Crippen molar-refractivity contribution < 1.29 is 4.52 Å². The molecule has 0 fully saturated rings. The van der Waals surface area contributed by atoms with E-state index in [0.29, 0.717) is 6.54 Å². The number of nitrogens with one attached hydrogen (secondary N) is 1. The molecule has 0 saturated carbocycles. The van der Waals surface area contributed by atoms with Crippen molar-refractivity contribution in [2.75, 3.05) is 0 Å². The molecule has 0 radical (unpaired) electrons. The van der Waals surface area contributed by atoms with Crippen molar-refractivity contribution in [1.29, 1.82) is 0 Å². The molecule has 0 saturated heterocycles. The van der Waals surface area contributed by atoms with Gasteiger partial charge in [-0.3, -0.25) is 0 Å². The Bertz CT molecular complexity index is 507. The molecule has 0 aliphatic carbocycles. The second kappa shape index (κ2) is 4.94. The lowest BCUT2D eigenvalue weighted by atomic mass is 10.1. The Labute approximate surface area is 107 Å². The molecule has 5 nitrogen and oxygen atoms in total. The minimum Gasteiger partial charge on any atom is -0.359 e. The van der Waals surface area contributed by atoms with Gasteiger partial charge >= 0.3 is 0 Å². The van der Waals surface area contributed by atoms with Crippen molar-refractivity contribution in [2.24, 2.45) is 0 Å². The standard InChI is InChI=1S/C13H20N4O/c1-10-7-11(18-16-10)9-17-6-5-14-12(17)8-15-13(2,3)4/h5-7,15H,8-9H2,1-4H3. The third-order valence-electron chi connectivity index (χ3n) is 2.58. The molecular weight excluding hydrogens is 228 g/mol. The van der Waals surface area contributed by atoms with Crippen LogP contribution in [0, 0.1) is 6.92 Å². The fourth-order valence-corrected chi connectivity index (χ4v) is 1.65. The zero-order chi connectivity index (χ0) is 13.2. The van der Waals surface area contributed by atoms with Crippen molar-refractivity contribution in [2.45, 2.75) is 46.3 Å². The van der Waals surface area contributed by atoms with Gasteiger partial charge in [0.25, 0.3) is 0 Å². The molecule has 0 bridgehead atoms. The Morgan fingerprint density at radius 2 is 2.17 bits per heavy atom. The van der Waals surface area contributed by atoms with Crippen LogP contribution < -0.4 is 5.32 Å². The maximum Gasteiger partial charge on any atom is 0.156 e. The van der Waals surface area contributed by atoms with E-state index in [1.54, 1.807) is 0 Å². The zero-order valence-corrected chi connectivity index (χ0v) is 11.4. The number of aryl methyl sites for hydroxylation is 1. The predicted octanol–water partition coefficient (Wildman–Crippen LogP) is 2.12. The summed E-state index contributed by atoms with van der Waals surface area (Å²) in [6, 6.07) is 1.95. The molecule has 2 heterocycles. The van der Waals surface area contributed by atoms with E-state index in [0.717, 1.165) is 23.8 Å². The van der Waals surface area contributed by atoms with Gasteiger partial charge < -0.3 is 14.4 Å². The lowest BCUT2D eigenvalue weighted by Gasteiger charge is -2.20. The van der Waals surface area contributed by atoms with Gasteiger partial charge in [-0.05, 0) is 27.7 Å². The molecule has 0 atom stereocenters. The molecular formula is C13H20N4O. The van der Waals surface area contributed by atoms with E-state index in [1.807, 2.05) is 25.4 Å². The van der Waals surface area contributed by atoms with Gasteiger partial charge in [-0.1, -0.05) is 5.16 Å². The van der Waals surface area contributed by atoms with Gasteiger partial charge in [-0.15, -0.1) is 0 Å². The van der Waals surface area contributed by atoms with E-state index in [4.69, 9.17) is 4.52 Å². The van der Waals surface area contributed by atoms with E-state index in [9.17, 15) is 0 Å². The number of imidazole rings is 1. The predicted molar refractivity (Wildman–Crippen MR) is 69.2 cm³/mol. The SMILES string of the molecule is Cc1cc(Cn2ccnc2CNC(C)(C)C)on1. The van der Waals surface area contributed by atoms with Gasteiger partial charge in [0.1, 0.15) is 5.82 Å². The first-order valence-electron chi connectivity index (χ1n) is 6.11. The molecule has 0 aromatic carbocycles. The number of rotatable bonds is 4.